The second kappa shape index (κ2) is 4.08. The fourth-order valence-corrected chi connectivity index (χ4v) is 1.06. The Morgan fingerprint density at radius 2 is 2.00 bits per heavy atom. The van der Waals surface area contributed by atoms with Crippen LogP contribution in [0.15, 0.2) is 10.9 Å². The number of rotatable bonds is 3. The molecule has 0 bridgehead atoms. The summed E-state index contributed by atoms with van der Waals surface area (Å²) >= 11 is 0. The summed E-state index contributed by atoms with van der Waals surface area (Å²) in [6.45, 7) is 0. The Labute approximate surface area is 78.5 Å². The summed E-state index contributed by atoms with van der Waals surface area (Å²) in [6, 6.07) is 1.05. The van der Waals surface area contributed by atoms with Crippen molar-refractivity contribution in [3.05, 3.63) is 22.1 Å². The van der Waals surface area contributed by atoms with Gasteiger partial charge in [0.2, 0.25) is 0 Å². The molecule has 0 atom stereocenters. The van der Waals surface area contributed by atoms with Crippen molar-refractivity contribution in [1.82, 2.24) is 4.98 Å². The third kappa shape index (κ3) is 1.84. The number of alkyl halides is 2. The smallest absolute Gasteiger partial charge is 0.282 e. The number of ether oxygens (including phenoxy) is 2. The third-order valence-corrected chi connectivity index (χ3v) is 1.63. The van der Waals surface area contributed by atoms with E-state index in [9.17, 15) is 13.6 Å². The summed E-state index contributed by atoms with van der Waals surface area (Å²) in [6.07, 6.45) is -2.81. The van der Waals surface area contributed by atoms with Gasteiger partial charge in [-0.2, -0.15) is 0 Å². The Morgan fingerprint density at radius 3 is 2.43 bits per heavy atom. The largest absolute Gasteiger partial charge is 0.493 e. The summed E-state index contributed by atoms with van der Waals surface area (Å²) < 4.78 is 34.2. The predicted octanol–water partition coefficient (Wildman–Crippen LogP) is 1.33. The van der Waals surface area contributed by atoms with E-state index in [1.807, 2.05) is 4.98 Å². The van der Waals surface area contributed by atoms with Gasteiger partial charge in [-0.15, -0.1) is 0 Å². The van der Waals surface area contributed by atoms with Gasteiger partial charge >= 0.3 is 0 Å². The summed E-state index contributed by atoms with van der Waals surface area (Å²) in [4.78, 5) is 12.9. The number of aromatic nitrogens is 1. The van der Waals surface area contributed by atoms with Gasteiger partial charge in [0.15, 0.2) is 11.5 Å². The standard InChI is InChI=1S/C8H9F2NO3/c1-13-4-3-5(12)11-6(8(9)10)7(4)14-2/h3,8H,1-2H3,(H,11,12). The van der Waals surface area contributed by atoms with Crippen LogP contribution in [0.1, 0.15) is 12.1 Å². The Balaban J connectivity index is 3.39. The number of hydrogen-bond acceptors (Lipinski definition) is 3. The van der Waals surface area contributed by atoms with Crippen molar-refractivity contribution in [1.29, 1.82) is 0 Å². The molecule has 0 saturated heterocycles. The average molecular weight is 205 g/mol. The van der Waals surface area contributed by atoms with E-state index < -0.39 is 17.7 Å². The topological polar surface area (TPSA) is 51.3 Å². The molecule has 0 spiro atoms. The van der Waals surface area contributed by atoms with Crippen LogP contribution in [0.25, 0.3) is 0 Å². The highest BCUT2D eigenvalue weighted by Crippen LogP contribution is 2.33. The van der Waals surface area contributed by atoms with Crippen molar-refractivity contribution in [3.8, 4) is 11.5 Å². The minimum absolute atomic E-state index is 0.00782. The summed E-state index contributed by atoms with van der Waals surface area (Å²) in [5, 5.41) is 0. The molecule has 0 aliphatic rings. The van der Waals surface area contributed by atoms with Crippen molar-refractivity contribution in [3.63, 3.8) is 0 Å². The van der Waals surface area contributed by atoms with E-state index >= 15 is 0 Å². The van der Waals surface area contributed by atoms with Gasteiger partial charge in [0.1, 0.15) is 5.69 Å². The van der Waals surface area contributed by atoms with Gasteiger partial charge < -0.3 is 14.5 Å². The second-order valence-corrected chi connectivity index (χ2v) is 2.45. The molecule has 0 radical (unpaired) electrons. The Hall–Kier alpha value is -1.59. The zero-order valence-electron chi connectivity index (χ0n) is 7.64. The van der Waals surface area contributed by atoms with Gasteiger partial charge in [0.05, 0.1) is 14.2 Å². The van der Waals surface area contributed by atoms with Crippen LogP contribution < -0.4 is 15.0 Å². The third-order valence-electron chi connectivity index (χ3n) is 1.63. The molecule has 4 nitrogen and oxygen atoms in total. The molecule has 0 saturated carbocycles. The van der Waals surface area contributed by atoms with Crippen molar-refractivity contribution in [2.45, 2.75) is 6.43 Å². The summed E-state index contributed by atoms with van der Waals surface area (Å²) in [7, 11) is 2.49. The molecular formula is C8H9F2NO3. The van der Waals surface area contributed by atoms with E-state index in [-0.39, 0.29) is 11.5 Å². The second-order valence-electron chi connectivity index (χ2n) is 2.45. The molecule has 14 heavy (non-hydrogen) atoms. The molecule has 0 aliphatic carbocycles. The minimum Gasteiger partial charge on any atom is -0.493 e. The van der Waals surface area contributed by atoms with Crippen LogP contribution in [-0.4, -0.2) is 19.2 Å². The molecule has 0 unspecified atom stereocenters. The Bertz CT molecular complexity index is 375. The fraction of sp³-hybridized carbons (Fsp3) is 0.375. The molecule has 0 aromatic carbocycles. The van der Waals surface area contributed by atoms with Crippen molar-refractivity contribution >= 4 is 0 Å². The summed E-state index contributed by atoms with van der Waals surface area (Å²) in [5.41, 5.74) is -1.23. The highest BCUT2D eigenvalue weighted by molar-refractivity contribution is 5.43. The first-order valence-corrected chi connectivity index (χ1v) is 3.73. The van der Waals surface area contributed by atoms with Crippen molar-refractivity contribution < 1.29 is 18.3 Å². The lowest BCUT2D eigenvalue weighted by Crippen LogP contribution is -2.11. The van der Waals surface area contributed by atoms with E-state index in [0.29, 0.717) is 0 Å². The van der Waals surface area contributed by atoms with Crippen molar-refractivity contribution in [2.75, 3.05) is 14.2 Å². The molecule has 78 valence electrons. The number of aromatic amines is 1. The van der Waals surface area contributed by atoms with Crippen LogP contribution in [-0.2, 0) is 0 Å². The lowest BCUT2D eigenvalue weighted by atomic mass is 10.3. The zero-order valence-corrected chi connectivity index (χ0v) is 7.64. The predicted molar refractivity (Wildman–Crippen MR) is 45.1 cm³/mol. The van der Waals surface area contributed by atoms with E-state index in [1.165, 1.54) is 14.2 Å². The molecule has 0 amide bonds. The van der Waals surface area contributed by atoms with Crippen molar-refractivity contribution in [2.24, 2.45) is 0 Å². The molecule has 1 aromatic rings. The minimum atomic E-state index is -2.81. The molecule has 1 heterocycles. The lowest BCUT2D eigenvalue weighted by Gasteiger charge is -2.10. The number of hydrogen-bond donors (Lipinski definition) is 1. The van der Waals surface area contributed by atoms with Crippen LogP contribution in [0.5, 0.6) is 11.5 Å². The monoisotopic (exact) mass is 205 g/mol. The molecule has 6 heteroatoms. The van der Waals surface area contributed by atoms with Gasteiger partial charge in [0.25, 0.3) is 12.0 Å². The lowest BCUT2D eigenvalue weighted by molar-refractivity contribution is 0.140. The number of H-pyrrole nitrogens is 1. The van der Waals surface area contributed by atoms with Gasteiger partial charge in [-0.1, -0.05) is 0 Å². The first-order valence-electron chi connectivity index (χ1n) is 3.73. The van der Waals surface area contributed by atoms with Crippen LogP contribution >= 0.6 is 0 Å². The highest BCUT2D eigenvalue weighted by atomic mass is 19.3. The average Bonchev–Trinajstić information content (AvgIpc) is 2.16. The molecule has 0 fully saturated rings. The molecule has 1 aromatic heterocycles. The maximum Gasteiger partial charge on any atom is 0.282 e. The molecular weight excluding hydrogens is 196 g/mol. The number of pyridine rings is 1. The molecule has 1 rings (SSSR count). The van der Waals surface area contributed by atoms with Gasteiger partial charge in [-0.25, -0.2) is 8.78 Å². The molecule has 0 aliphatic heterocycles. The number of halogens is 2. The van der Waals surface area contributed by atoms with E-state index in [4.69, 9.17) is 9.47 Å². The first-order chi connectivity index (χ1) is 6.60. The fourth-order valence-electron chi connectivity index (χ4n) is 1.06. The SMILES string of the molecule is COc1cc(=O)[nH]c(C(F)F)c1OC. The zero-order chi connectivity index (χ0) is 10.7. The maximum absolute atomic E-state index is 12.4. The van der Waals surface area contributed by atoms with Gasteiger partial charge in [0, 0.05) is 6.07 Å². The van der Waals surface area contributed by atoms with Crippen LogP contribution in [0.4, 0.5) is 8.78 Å². The summed E-state index contributed by atoms with van der Waals surface area (Å²) in [5.74, 6) is -0.159. The van der Waals surface area contributed by atoms with Crippen LogP contribution in [0.3, 0.4) is 0 Å². The maximum atomic E-state index is 12.4. The number of nitrogens with one attached hydrogen (secondary N) is 1. The Kier molecular flexibility index (Phi) is 3.06. The quantitative estimate of drug-likeness (QED) is 0.809. The first kappa shape index (κ1) is 10.5. The van der Waals surface area contributed by atoms with E-state index in [0.717, 1.165) is 6.07 Å². The van der Waals surface area contributed by atoms with Crippen LogP contribution in [0.2, 0.25) is 0 Å². The van der Waals surface area contributed by atoms with Crippen LogP contribution in [0, 0.1) is 0 Å². The van der Waals surface area contributed by atoms with E-state index in [2.05, 4.69) is 0 Å². The van der Waals surface area contributed by atoms with Gasteiger partial charge in [-0.3, -0.25) is 4.79 Å². The Morgan fingerprint density at radius 1 is 1.36 bits per heavy atom. The normalized spacial score (nSPS) is 10.4. The van der Waals surface area contributed by atoms with E-state index in [1.54, 1.807) is 0 Å². The number of methoxy groups -OCH3 is 2. The molecule has 1 N–H and O–H groups in total. The highest BCUT2D eigenvalue weighted by Gasteiger charge is 2.19. The van der Waals surface area contributed by atoms with Gasteiger partial charge in [-0.05, 0) is 0 Å².